The minimum absolute atomic E-state index is 0.167. The average molecular weight is 513 g/mol. The standard InChI is InChI=1S/C25H26F2N6O4/c1-36-16-6-2-5-14(11-16)15-12-18(26)21(19(27)13-15)33-22-17(7-3-9-31-22)23(34)37-24(35)20(28)8-4-10-32-25(29)30/h2-3,5-7,9,11-13,20H,4,8,10,28H2,1H3,(H,31,33)(H4,29,30,32)/t20-/m0/s1. The maximum atomic E-state index is 14.9. The number of halogens is 2. The number of carbonyl (C=O) groups is 2. The maximum Gasteiger partial charge on any atom is 0.349 e. The molecule has 1 aromatic heterocycles. The van der Waals surface area contributed by atoms with Gasteiger partial charge in [-0.2, -0.15) is 0 Å². The molecule has 0 aliphatic carbocycles. The zero-order chi connectivity index (χ0) is 26.9. The summed E-state index contributed by atoms with van der Waals surface area (Å²) >= 11 is 0. The van der Waals surface area contributed by atoms with E-state index in [1.54, 1.807) is 24.3 Å². The SMILES string of the molecule is COc1cccc(-c2cc(F)c(Nc3ncccc3C(=O)OC(=O)[C@@H](N)CCCNC(=N)N)c(F)c2)c1. The second-order valence-electron chi connectivity index (χ2n) is 7.87. The van der Waals surface area contributed by atoms with Crippen LogP contribution in [0.5, 0.6) is 5.75 Å². The molecule has 37 heavy (non-hydrogen) atoms. The first kappa shape index (κ1) is 27.0. The Kier molecular flexibility index (Phi) is 9.05. The van der Waals surface area contributed by atoms with Crippen LogP contribution in [0.25, 0.3) is 11.1 Å². The van der Waals surface area contributed by atoms with Crippen molar-refractivity contribution in [3.05, 3.63) is 71.9 Å². The summed E-state index contributed by atoms with van der Waals surface area (Å²) in [5, 5.41) is 12.1. The van der Waals surface area contributed by atoms with Gasteiger partial charge in [0, 0.05) is 12.7 Å². The molecule has 0 saturated heterocycles. The quantitative estimate of drug-likeness (QED) is 0.0902. The van der Waals surface area contributed by atoms with E-state index in [0.717, 1.165) is 12.1 Å². The van der Waals surface area contributed by atoms with Crippen molar-refractivity contribution < 1.29 is 27.8 Å². The highest BCUT2D eigenvalue weighted by atomic mass is 19.1. The van der Waals surface area contributed by atoms with Crippen molar-refractivity contribution >= 4 is 29.4 Å². The molecule has 3 rings (SSSR count). The van der Waals surface area contributed by atoms with Gasteiger partial charge in [-0.25, -0.2) is 23.4 Å². The largest absolute Gasteiger partial charge is 0.497 e. The molecule has 10 nitrogen and oxygen atoms in total. The van der Waals surface area contributed by atoms with Gasteiger partial charge in [-0.05, 0) is 60.4 Å². The highest BCUT2D eigenvalue weighted by Gasteiger charge is 2.23. The summed E-state index contributed by atoms with van der Waals surface area (Å²) in [4.78, 5) is 28.8. The first-order chi connectivity index (χ1) is 17.7. The zero-order valence-corrected chi connectivity index (χ0v) is 19.9. The van der Waals surface area contributed by atoms with E-state index >= 15 is 0 Å². The molecule has 1 atom stereocenters. The molecule has 12 heteroatoms. The second-order valence-corrected chi connectivity index (χ2v) is 7.87. The first-order valence-corrected chi connectivity index (χ1v) is 11.1. The van der Waals surface area contributed by atoms with Gasteiger partial charge in [0.1, 0.15) is 40.5 Å². The lowest BCUT2D eigenvalue weighted by Gasteiger charge is -2.14. The predicted molar refractivity (Wildman–Crippen MR) is 133 cm³/mol. The van der Waals surface area contributed by atoms with Gasteiger partial charge in [0.15, 0.2) is 5.96 Å². The first-order valence-electron chi connectivity index (χ1n) is 11.1. The number of pyridine rings is 1. The van der Waals surface area contributed by atoms with Gasteiger partial charge in [0.25, 0.3) is 0 Å². The molecule has 0 radical (unpaired) electrons. The van der Waals surface area contributed by atoms with Crippen LogP contribution >= 0.6 is 0 Å². The van der Waals surface area contributed by atoms with Crippen LogP contribution in [0.3, 0.4) is 0 Å². The van der Waals surface area contributed by atoms with Crippen LogP contribution < -0.4 is 26.8 Å². The minimum atomic E-state index is -1.11. The molecular weight excluding hydrogens is 486 g/mol. The fraction of sp³-hybridized carbons (Fsp3) is 0.200. The van der Waals surface area contributed by atoms with Gasteiger partial charge in [0.05, 0.1) is 7.11 Å². The third-order valence-corrected chi connectivity index (χ3v) is 5.22. The molecule has 3 aromatic rings. The Labute approximate surface area is 211 Å². The smallest absolute Gasteiger partial charge is 0.349 e. The number of benzene rings is 2. The predicted octanol–water partition coefficient (Wildman–Crippen LogP) is 3.05. The van der Waals surface area contributed by atoms with Gasteiger partial charge in [-0.1, -0.05) is 12.1 Å². The Morgan fingerprint density at radius 3 is 2.51 bits per heavy atom. The second kappa shape index (κ2) is 12.4. The number of hydrogen-bond acceptors (Lipinski definition) is 8. The van der Waals surface area contributed by atoms with Crippen LogP contribution in [-0.4, -0.2) is 42.6 Å². The summed E-state index contributed by atoms with van der Waals surface area (Å²) in [7, 11) is 1.48. The van der Waals surface area contributed by atoms with Gasteiger partial charge in [-0.15, -0.1) is 0 Å². The molecule has 2 aromatic carbocycles. The highest BCUT2D eigenvalue weighted by molar-refractivity contribution is 6.01. The molecule has 194 valence electrons. The van der Waals surface area contributed by atoms with Gasteiger partial charge >= 0.3 is 11.9 Å². The summed E-state index contributed by atoms with van der Waals surface area (Å²) in [6.45, 7) is 0.314. The normalized spacial score (nSPS) is 11.4. The minimum Gasteiger partial charge on any atom is -0.497 e. The molecule has 0 bridgehead atoms. The lowest BCUT2D eigenvalue weighted by Crippen LogP contribution is -2.36. The van der Waals surface area contributed by atoms with Crippen LogP contribution in [0.1, 0.15) is 23.2 Å². The topological polar surface area (TPSA) is 165 Å². The number of aromatic nitrogens is 1. The van der Waals surface area contributed by atoms with Crippen molar-refractivity contribution in [1.82, 2.24) is 10.3 Å². The number of ether oxygens (including phenoxy) is 2. The Morgan fingerprint density at radius 2 is 1.84 bits per heavy atom. The van der Waals surface area contributed by atoms with Crippen LogP contribution in [0.15, 0.2) is 54.7 Å². The van der Waals surface area contributed by atoms with E-state index in [2.05, 4.69) is 15.6 Å². The lowest BCUT2D eigenvalue weighted by molar-refractivity contribution is -0.139. The van der Waals surface area contributed by atoms with Crippen molar-refractivity contribution in [1.29, 1.82) is 5.41 Å². The van der Waals surface area contributed by atoms with Crippen molar-refractivity contribution in [3.8, 4) is 16.9 Å². The number of nitrogens with one attached hydrogen (secondary N) is 3. The van der Waals surface area contributed by atoms with E-state index in [-0.39, 0.29) is 29.3 Å². The van der Waals surface area contributed by atoms with E-state index in [9.17, 15) is 18.4 Å². The number of methoxy groups -OCH3 is 1. The van der Waals surface area contributed by atoms with Crippen molar-refractivity contribution in [3.63, 3.8) is 0 Å². The van der Waals surface area contributed by atoms with Crippen LogP contribution in [0, 0.1) is 17.0 Å². The van der Waals surface area contributed by atoms with Crippen LogP contribution in [0.2, 0.25) is 0 Å². The molecule has 0 saturated carbocycles. The molecule has 0 unspecified atom stereocenters. The average Bonchev–Trinajstić information content (AvgIpc) is 2.88. The van der Waals surface area contributed by atoms with Gasteiger partial charge in [0.2, 0.25) is 0 Å². The van der Waals surface area contributed by atoms with Crippen molar-refractivity contribution in [2.75, 3.05) is 19.0 Å². The molecule has 0 aliphatic heterocycles. The Hall–Kier alpha value is -4.58. The number of hydrogen-bond donors (Lipinski definition) is 5. The number of nitrogens with zero attached hydrogens (tertiary/aromatic N) is 1. The van der Waals surface area contributed by atoms with Crippen molar-refractivity contribution in [2.45, 2.75) is 18.9 Å². The van der Waals surface area contributed by atoms with Crippen molar-refractivity contribution in [2.24, 2.45) is 11.5 Å². The Balaban J connectivity index is 1.74. The summed E-state index contributed by atoms with van der Waals surface area (Å²) in [6.07, 6.45) is 1.86. The fourth-order valence-corrected chi connectivity index (χ4v) is 3.33. The summed E-state index contributed by atoms with van der Waals surface area (Å²) < 4.78 is 39.9. The van der Waals surface area contributed by atoms with E-state index in [1.165, 1.54) is 25.4 Å². The van der Waals surface area contributed by atoms with E-state index in [0.29, 0.717) is 24.3 Å². The molecule has 1 heterocycles. The number of rotatable bonds is 10. The highest BCUT2D eigenvalue weighted by Crippen LogP contribution is 2.31. The Bertz CT molecular complexity index is 1280. The summed E-state index contributed by atoms with van der Waals surface area (Å²) in [6, 6.07) is 10.6. The van der Waals surface area contributed by atoms with Crippen LogP contribution in [0.4, 0.5) is 20.3 Å². The van der Waals surface area contributed by atoms with Gasteiger partial charge in [-0.3, -0.25) is 5.41 Å². The number of nitrogens with two attached hydrogens (primary N) is 2. The molecule has 0 aliphatic rings. The van der Waals surface area contributed by atoms with E-state index in [1.807, 2.05) is 0 Å². The monoisotopic (exact) mass is 512 g/mol. The third-order valence-electron chi connectivity index (χ3n) is 5.22. The molecule has 7 N–H and O–H groups in total. The summed E-state index contributed by atoms with van der Waals surface area (Å²) in [5.74, 6) is -3.84. The fourth-order valence-electron chi connectivity index (χ4n) is 3.33. The number of esters is 2. The zero-order valence-electron chi connectivity index (χ0n) is 19.9. The molecular formula is C25H26F2N6O4. The van der Waals surface area contributed by atoms with Gasteiger partial charge < -0.3 is 31.6 Å². The van der Waals surface area contributed by atoms with E-state index < -0.39 is 35.3 Å². The molecule has 0 amide bonds. The summed E-state index contributed by atoms with van der Waals surface area (Å²) in [5.41, 5.74) is 11.0. The van der Waals surface area contributed by atoms with E-state index in [4.69, 9.17) is 26.4 Å². The maximum absolute atomic E-state index is 14.9. The lowest BCUT2D eigenvalue weighted by atomic mass is 10.0. The molecule has 0 spiro atoms. The number of anilines is 2. The number of guanidine groups is 1. The number of carbonyl (C=O) groups excluding carboxylic acids is 2. The van der Waals surface area contributed by atoms with Crippen LogP contribution in [-0.2, 0) is 9.53 Å². The molecule has 0 fully saturated rings. The third kappa shape index (κ3) is 7.21. The Morgan fingerprint density at radius 1 is 1.11 bits per heavy atom.